The average Bonchev–Trinajstić information content (AvgIpc) is 2.46. The highest BCUT2D eigenvalue weighted by atomic mass is 32.2. The molecular formula is C13H27F3N2O3S. The van der Waals surface area contributed by atoms with E-state index >= 15 is 0 Å². The molecule has 134 valence electrons. The van der Waals surface area contributed by atoms with Gasteiger partial charge in [0.05, 0.1) is 6.10 Å². The van der Waals surface area contributed by atoms with Crippen molar-refractivity contribution in [1.82, 2.24) is 5.54 Å². The van der Waals surface area contributed by atoms with E-state index in [-0.39, 0.29) is 5.17 Å². The van der Waals surface area contributed by atoms with Crippen LogP contribution in [0.25, 0.3) is 0 Å². The van der Waals surface area contributed by atoms with E-state index in [4.69, 9.17) is 9.84 Å². The van der Waals surface area contributed by atoms with Gasteiger partial charge in [-0.3, -0.25) is 4.99 Å². The normalized spacial score (nSPS) is 14.9. The molecule has 3 N–H and O–H groups in total. The van der Waals surface area contributed by atoms with Crippen LogP contribution in [0.3, 0.4) is 0 Å². The molecule has 0 aliphatic carbocycles. The number of rotatable bonds is 9. The predicted octanol–water partition coefficient (Wildman–Crippen LogP) is 2.73. The minimum Gasteiger partial charge on any atom is -0.400 e. The van der Waals surface area contributed by atoms with Crippen LogP contribution < -0.4 is 5.54 Å². The molecule has 9 heteroatoms. The Kier molecular flexibility index (Phi) is 15.2. The van der Waals surface area contributed by atoms with Crippen molar-refractivity contribution < 1.29 is 28.2 Å². The summed E-state index contributed by atoms with van der Waals surface area (Å²) < 4.78 is 43.2. The second kappa shape index (κ2) is 14.1. The third-order valence-corrected chi connectivity index (χ3v) is 3.21. The Hall–Kier alpha value is -0.510. The Morgan fingerprint density at radius 1 is 1.36 bits per heavy atom. The van der Waals surface area contributed by atoms with Crippen LogP contribution in [0.5, 0.6) is 0 Å². The number of halogens is 3. The first kappa shape index (κ1) is 23.8. The highest BCUT2D eigenvalue weighted by molar-refractivity contribution is 8.14. The number of nitrogens with one attached hydrogen (secondary N) is 1. The maximum absolute atomic E-state index is 12.8. The molecule has 0 bridgehead atoms. The molecule has 0 heterocycles. The Labute approximate surface area is 134 Å². The number of alkyl halides is 2. The summed E-state index contributed by atoms with van der Waals surface area (Å²) >= 11 is 0.910. The van der Waals surface area contributed by atoms with E-state index < -0.39 is 24.1 Å². The summed E-state index contributed by atoms with van der Waals surface area (Å²) in [5.74, 6) is -2.95. The van der Waals surface area contributed by atoms with Crippen molar-refractivity contribution in [1.29, 1.82) is 0 Å². The number of aliphatic imine (C=N–C) groups is 1. The third kappa shape index (κ3) is 15.9. The van der Waals surface area contributed by atoms with Crippen molar-refractivity contribution in [3.8, 4) is 0 Å². The van der Waals surface area contributed by atoms with Gasteiger partial charge in [-0.15, -0.1) is 4.48 Å². The monoisotopic (exact) mass is 348 g/mol. The van der Waals surface area contributed by atoms with Crippen LogP contribution in [-0.2, 0) is 4.74 Å². The predicted molar refractivity (Wildman–Crippen MR) is 83.8 cm³/mol. The van der Waals surface area contributed by atoms with E-state index in [2.05, 4.69) is 4.99 Å². The molecule has 0 unspecified atom stereocenters. The lowest BCUT2D eigenvalue weighted by molar-refractivity contribution is -0.0708. The summed E-state index contributed by atoms with van der Waals surface area (Å²) in [6.45, 7) is 3.92. The summed E-state index contributed by atoms with van der Waals surface area (Å²) in [4.78, 5) is 3.94. The standard InChI is InChI=1S/C12H23F3N2O2S.CH4O/c1-4-7-16-11(17-15)20-10(6-5-9(2)18)19-8-12(3,13)14;1-2/h9-10,18H,4-8H2,1-3H3,(H,16,17);2H,1H3/t9-,10-;/m1./s1. The molecule has 0 saturated heterocycles. The molecule has 5 nitrogen and oxygen atoms in total. The van der Waals surface area contributed by atoms with Gasteiger partial charge in [-0.25, -0.2) is 14.3 Å². The molecule has 0 aliphatic rings. The van der Waals surface area contributed by atoms with Gasteiger partial charge in [0.2, 0.25) is 0 Å². The van der Waals surface area contributed by atoms with Gasteiger partial charge in [0.25, 0.3) is 5.92 Å². The second-order valence-corrected chi connectivity index (χ2v) is 5.78. The van der Waals surface area contributed by atoms with Crippen LogP contribution in [0.15, 0.2) is 4.99 Å². The zero-order chi connectivity index (χ0) is 17.6. The van der Waals surface area contributed by atoms with Gasteiger partial charge in [-0.05, 0) is 26.2 Å². The van der Waals surface area contributed by atoms with Gasteiger partial charge < -0.3 is 14.9 Å². The molecule has 0 fully saturated rings. The number of ether oxygens (including phenoxy) is 1. The van der Waals surface area contributed by atoms with Crippen molar-refractivity contribution in [2.24, 2.45) is 4.99 Å². The number of thioether (sulfide) groups is 1. The van der Waals surface area contributed by atoms with Gasteiger partial charge in [0.1, 0.15) is 12.0 Å². The summed E-state index contributed by atoms with van der Waals surface area (Å²) in [5.41, 5.74) is 0.749. The Balaban J connectivity index is 0. The largest absolute Gasteiger partial charge is 0.400 e. The second-order valence-electron chi connectivity index (χ2n) is 4.64. The van der Waals surface area contributed by atoms with Gasteiger partial charge in [-0.2, -0.15) is 0 Å². The molecule has 0 amide bonds. The maximum atomic E-state index is 12.8. The van der Waals surface area contributed by atoms with Gasteiger partial charge >= 0.3 is 0 Å². The van der Waals surface area contributed by atoms with E-state index in [1.165, 1.54) is 5.54 Å². The van der Waals surface area contributed by atoms with Crippen LogP contribution in [0.2, 0.25) is 0 Å². The van der Waals surface area contributed by atoms with Crippen molar-refractivity contribution in [3.63, 3.8) is 0 Å². The number of amidine groups is 1. The zero-order valence-electron chi connectivity index (χ0n) is 13.5. The summed E-state index contributed by atoms with van der Waals surface area (Å²) in [6, 6.07) is 0. The van der Waals surface area contributed by atoms with Crippen LogP contribution in [0.1, 0.15) is 40.0 Å². The number of aliphatic hydroxyl groups excluding tert-OH is 2. The Bertz CT molecular complexity index is 290. The van der Waals surface area contributed by atoms with Gasteiger partial charge in [0, 0.05) is 20.6 Å². The Morgan fingerprint density at radius 2 is 1.95 bits per heavy atom. The maximum Gasteiger partial charge on any atom is 0.268 e. The van der Waals surface area contributed by atoms with Crippen molar-refractivity contribution in [2.75, 3.05) is 20.3 Å². The van der Waals surface area contributed by atoms with E-state index in [0.29, 0.717) is 19.4 Å². The molecule has 0 rings (SSSR count). The highest BCUT2D eigenvalue weighted by Gasteiger charge is 2.25. The first-order valence-corrected chi connectivity index (χ1v) is 7.86. The topological polar surface area (TPSA) is 74.1 Å². The molecule has 0 aromatic rings. The molecule has 0 aromatic heterocycles. The van der Waals surface area contributed by atoms with Crippen LogP contribution in [-0.4, -0.2) is 53.1 Å². The number of nitrogens with zero attached hydrogens (tertiary/aromatic N) is 1. The van der Waals surface area contributed by atoms with E-state index in [1.807, 2.05) is 6.92 Å². The molecule has 2 atom stereocenters. The minimum absolute atomic E-state index is 0.00172. The molecule has 22 heavy (non-hydrogen) atoms. The number of hydrogen-bond acceptors (Lipinski definition) is 5. The van der Waals surface area contributed by atoms with E-state index in [0.717, 1.165) is 32.2 Å². The first-order chi connectivity index (χ1) is 10.3. The molecule has 0 aliphatic heterocycles. The van der Waals surface area contributed by atoms with Crippen molar-refractivity contribution in [3.05, 3.63) is 0 Å². The third-order valence-electron chi connectivity index (χ3n) is 2.15. The average molecular weight is 348 g/mol. The Morgan fingerprint density at radius 3 is 2.36 bits per heavy atom. The van der Waals surface area contributed by atoms with Crippen LogP contribution >= 0.6 is 11.8 Å². The van der Waals surface area contributed by atoms with Gasteiger partial charge in [0.15, 0.2) is 5.17 Å². The molecule has 0 radical (unpaired) electrons. The van der Waals surface area contributed by atoms with Crippen molar-refractivity contribution in [2.45, 2.75) is 57.5 Å². The van der Waals surface area contributed by atoms with E-state index in [1.54, 1.807) is 6.92 Å². The molecular weight excluding hydrogens is 321 g/mol. The fourth-order valence-corrected chi connectivity index (χ4v) is 2.07. The lowest BCUT2D eigenvalue weighted by atomic mass is 10.2. The molecule has 0 aromatic carbocycles. The summed E-state index contributed by atoms with van der Waals surface area (Å²) in [5, 5.41) is 16.2. The lowest BCUT2D eigenvalue weighted by Crippen LogP contribution is -2.26. The van der Waals surface area contributed by atoms with Crippen molar-refractivity contribution >= 4 is 16.9 Å². The van der Waals surface area contributed by atoms with E-state index in [9.17, 15) is 18.4 Å². The highest BCUT2D eigenvalue weighted by Crippen LogP contribution is 2.23. The smallest absolute Gasteiger partial charge is 0.268 e. The van der Waals surface area contributed by atoms with Crippen LogP contribution in [0, 0.1) is 0 Å². The van der Waals surface area contributed by atoms with Gasteiger partial charge in [-0.1, -0.05) is 18.7 Å². The minimum atomic E-state index is -2.95. The summed E-state index contributed by atoms with van der Waals surface area (Å²) in [7, 11) is 1.00. The molecule has 0 saturated carbocycles. The number of hydrogen-bond donors (Lipinski definition) is 3. The fourth-order valence-electron chi connectivity index (χ4n) is 1.22. The van der Waals surface area contributed by atoms with Crippen LogP contribution in [0.4, 0.5) is 13.3 Å². The lowest BCUT2D eigenvalue weighted by Gasteiger charge is -2.20. The summed E-state index contributed by atoms with van der Waals surface area (Å²) in [6.07, 6.45) is 0.877. The quantitative estimate of drug-likeness (QED) is 0.259. The first-order valence-electron chi connectivity index (χ1n) is 6.98. The SMILES string of the molecule is CCCN=C(NF)S[C@H](CC[C@@H](C)O)OCC(C)(F)F.CO. The zero-order valence-corrected chi connectivity index (χ0v) is 14.3. The number of aliphatic hydroxyl groups is 2. The molecule has 0 spiro atoms. The fraction of sp³-hybridized carbons (Fsp3) is 0.923.